The summed E-state index contributed by atoms with van der Waals surface area (Å²) in [5.74, 6) is 1.04. The third-order valence-electron chi connectivity index (χ3n) is 5.75. The molecule has 0 aromatic carbocycles. The van der Waals surface area contributed by atoms with Gasteiger partial charge in [-0.25, -0.2) is 4.68 Å². The lowest BCUT2D eigenvalue weighted by atomic mass is 9.93. The van der Waals surface area contributed by atoms with Crippen LogP contribution in [0.25, 0.3) is 0 Å². The standard InChI is InChI=1S/C15H25N5O/c21-10-13-8-9-14(19(13)11-4-1-2-5-11)15-16-17-18-20(15)12-6-3-7-12/h11-14,21H,1-10H2/t13-,14-/m0/s1. The fourth-order valence-electron chi connectivity index (χ4n) is 4.42. The third kappa shape index (κ3) is 2.28. The Labute approximate surface area is 125 Å². The molecule has 1 aromatic rings. The molecular formula is C15H25N5O. The second-order valence-corrected chi connectivity index (χ2v) is 6.88. The molecule has 0 radical (unpaired) electrons. The van der Waals surface area contributed by atoms with Gasteiger partial charge < -0.3 is 5.11 Å². The summed E-state index contributed by atoms with van der Waals surface area (Å²) in [6.45, 7) is 0.262. The minimum absolute atomic E-state index is 0.262. The van der Waals surface area contributed by atoms with E-state index >= 15 is 0 Å². The number of rotatable bonds is 4. The number of aliphatic hydroxyl groups is 1. The van der Waals surface area contributed by atoms with Crippen molar-refractivity contribution in [2.75, 3.05) is 6.61 Å². The largest absolute Gasteiger partial charge is 0.395 e. The maximum atomic E-state index is 9.75. The van der Waals surface area contributed by atoms with Gasteiger partial charge in [-0.3, -0.25) is 4.90 Å². The first kappa shape index (κ1) is 13.6. The van der Waals surface area contributed by atoms with Crippen molar-refractivity contribution in [3.8, 4) is 0 Å². The van der Waals surface area contributed by atoms with E-state index in [1.54, 1.807) is 0 Å². The monoisotopic (exact) mass is 291 g/mol. The van der Waals surface area contributed by atoms with E-state index in [1.165, 1.54) is 44.9 Å². The van der Waals surface area contributed by atoms with Gasteiger partial charge in [0.05, 0.1) is 18.7 Å². The van der Waals surface area contributed by atoms with E-state index < -0.39 is 0 Å². The number of aromatic nitrogens is 4. The third-order valence-corrected chi connectivity index (χ3v) is 5.75. The van der Waals surface area contributed by atoms with Crippen LogP contribution in [0.1, 0.15) is 75.7 Å². The summed E-state index contributed by atoms with van der Waals surface area (Å²) in [6.07, 6.45) is 11.0. The van der Waals surface area contributed by atoms with Crippen LogP contribution >= 0.6 is 0 Å². The Balaban J connectivity index is 1.61. The SMILES string of the molecule is OC[C@@H]1CC[C@@H](c2nnnn2C2CCC2)N1C1CCCC1. The smallest absolute Gasteiger partial charge is 0.168 e. The Morgan fingerprint density at radius 1 is 0.952 bits per heavy atom. The number of likely N-dealkylation sites (tertiary alicyclic amines) is 1. The van der Waals surface area contributed by atoms with Crippen LogP contribution < -0.4 is 0 Å². The number of nitrogens with zero attached hydrogens (tertiary/aromatic N) is 5. The van der Waals surface area contributed by atoms with Crippen LogP contribution in [0.5, 0.6) is 0 Å². The first-order valence-corrected chi connectivity index (χ1v) is 8.54. The quantitative estimate of drug-likeness (QED) is 0.917. The van der Waals surface area contributed by atoms with Gasteiger partial charge in [-0.2, -0.15) is 0 Å². The predicted octanol–water partition coefficient (Wildman–Crippen LogP) is 1.84. The Hall–Kier alpha value is -1.01. The molecular weight excluding hydrogens is 266 g/mol. The van der Waals surface area contributed by atoms with Crippen LogP contribution in [0, 0.1) is 0 Å². The van der Waals surface area contributed by atoms with Crippen molar-refractivity contribution < 1.29 is 5.11 Å². The Kier molecular flexibility index (Phi) is 3.67. The molecule has 6 nitrogen and oxygen atoms in total. The van der Waals surface area contributed by atoms with Crippen molar-refractivity contribution >= 4 is 0 Å². The minimum Gasteiger partial charge on any atom is -0.395 e. The van der Waals surface area contributed by atoms with Crippen LogP contribution in [0.3, 0.4) is 0 Å². The molecule has 21 heavy (non-hydrogen) atoms. The highest BCUT2D eigenvalue weighted by Crippen LogP contribution is 2.42. The first-order chi connectivity index (χ1) is 10.4. The van der Waals surface area contributed by atoms with Crippen molar-refractivity contribution in [2.24, 2.45) is 0 Å². The van der Waals surface area contributed by atoms with Gasteiger partial charge in [0, 0.05) is 12.1 Å². The van der Waals surface area contributed by atoms with Gasteiger partial charge in [-0.15, -0.1) is 5.10 Å². The number of hydrogen-bond acceptors (Lipinski definition) is 5. The molecule has 1 saturated heterocycles. The average Bonchev–Trinajstić information content (AvgIpc) is 3.15. The molecule has 0 bridgehead atoms. The highest BCUT2D eigenvalue weighted by atomic mass is 16.3. The fourth-order valence-corrected chi connectivity index (χ4v) is 4.42. The molecule has 3 aliphatic rings. The lowest BCUT2D eigenvalue weighted by Gasteiger charge is -2.35. The summed E-state index contributed by atoms with van der Waals surface area (Å²) in [6, 6.07) is 1.72. The number of tetrazole rings is 1. The summed E-state index contributed by atoms with van der Waals surface area (Å²) in [5.41, 5.74) is 0. The second-order valence-electron chi connectivity index (χ2n) is 6.88. The molecule has 116 valence electrons. The van der Waals surface area contributed by atoms with E-state index in [9.17, 15) is 5.11 Å². The number of aliphatic hydroxyl groups excluding tert-OH is 1. The first-order valence-electron chi connectivity index (χ1n) is 8.54. The topological polar surface area (TPSA) is 67.1 Å². The Morgan fingerprint density at radius 2 is 1.71 bits per heavy atom. The van der Waals surface area contributed by atoms with Gasteiger partial charge in [0.1, 0.15) is 0 Å². The maximum Gasteiger partial charge on any atom is 0.168 e. The molecule has 3 fully saturated rings. The molecule has 0 unspecified atom stereocenters. The van der Waals surface area contributed by atoms with Gasteiger partial charge in [0.25, 0.3) is 0 Å². The van der Waals surface area contributed by atoms with E-state index in [-0.39, 0.29) is 6.61 Å². The van der Waals surface area contributed by atoms with E-state index in [0.717, 1.165) is 18.7 Å². The van der Waals surface area contributed by atoms with Crippen molar-refractivity contribution in [1.82, 2.24) is 25.1 Å². The summed E-state index contributed by atoms with van der Waals surface area (Å²) in [5, 5.41) is 22.3. The Morgan fingerprint density at radius 3 is 2.38 bits per heavy atom. The molecule has 0 spiro atoms. The molecule has 0 amide bonds. The van der Waals surface area contributed by atoms with Gasteiger partial charge in [0.2, 0.25) is 0 Å². The molecule has 2 saturated carbocycles. The highest BCUT2D eigenvalue weighted by Gasteiger charge is 2.42. The van der Waals surface area contributed by atoms with Crippen LogP contribution in [-0.4, -0.2) is 48.9 Å². The van der Waals surface area contributed by atoms with E-state index in [0.29, 0.717) is 24.2 Å². The van der Waals surface area contributed by atoms with E-state index in [4.69, 9.17) is 0 Å². The van der Waals surface area contributed by atoms with E-state index in [1.807, 2.05) is 0 Å². The van der Waals surface area contributed by atoms with Crippen LogP contribution in [0.2, 0.25) is 0 Å². The zero-order valence-electron chi connectivity index (χ0n) is 12.6. The van der Waals surface area contributed by atoms with Crippen LogP contribution in [0.4, 0.5) is 0 Å². The van der Waals surface area contributed by atoms with Gasteiger partial charge in [0.15, 0.2) is 5.82 Å². The molecule has 1 aromatic heterocycles. The molecule has 1 aliphatic heterocycles. The van der Waals surface area contributed by atoms with Crippen molar-refractivity contribution in [1.29, 1.82) is 0 Å². The van der Waals surface area contributed by atoms with Crippen molar-refractivity contribution in [2.45, 2.75) is 82.0 Å². The average molecular weight is 291 g/mol. The van der Waals surface area contributed by atoms with Gasteiger partial charge in [-0.1, -0.05) is 12.8 Å². The number of hydrogen-bond donors (Lipinski definition) is 1. The molecule has 2 heterocycles. The van der Waals surface area contributed by atoms with Crippen molar-refractivity contribution in [3.63, 3.8) is 0 Å². The molecule has 2 aliphatic carbocycles. The molecule has 4 rings (SSSR count). The van der Waals surface area contributed by atoms with E-state index in [2.05, 4.69) is 25.1 Å². The van der Waals surface area contributed by atoms with Crippen molar-refractivity contribution in [3.05, 3.63) is 5.82 Å². The molecule has 1 N–H and O–H groups in total. The minimum atomic E-state index is 0.262. The normalized spacial score (nSPS) is 31.9. The maximum absolute atomic E-state index is 9.75. The molecule has 6 heteroatoms. The lowest BCUT2D eigenvalue weighted by molar-refractivity contribution is 0.0798. The summed E-state index contributed by atoms with van der Waals surface area (Å²) in [7, 11) is 0. The zero-order valence-corrected chi connectivity index (χ0v) is 12.6. The fraction of sp³-hybridized carbons (Fsp3) is 0.933. The van der Waals surface area contributed by atoms with Crippen LogP contribution in [-0.2, 0) is 0 Å². The molecule has 2 atom stereocenters. The van der Waals surface area contributed by atoms with Gasteiger partial charge >= 0.3 is 0 Å². The second kappa shape index (κ2) is 5.65. The summed E-state index contributed by atoms with van der Waals surface area (Å²) < 4.78 is 2.08. The predicted molar refractivity (Wildman–Crippen MR) is 77.6 cm³/mol. The Bertz CT molecular complexity index is 480. The van der Waals surface area contributed by atoms with Gasteiger partial charge in [-0.05, 0) is 55.4 Å². The summed E-state index contributed by atoms with van der Waals surface area (Å²) >= 11 is 0. The summed E-state index contributed by atoms with van der Waals surface area (Å²) in [4.78, 5) is 2.55. The van der Waals surface area contributed by atoms with Crippen LogP contribution in [0.15, 0.2) is 0 Å². The lowest BCUT2D eigenvalue weighted by Crippen LogP contribution is -2.42. The zero-order chi connectivity index (χ0) is 14.2. The highest BCUT2D eigenvalue weighted by molar-refractivity contribution is 5.04.